The maximum absolute atomic E-state index is 9.90. The van der Waals surface area contributed by atoms with Crippen LogP contribution >= 0.6 is 12.6 Å². The topological polar surface area (TPSA) is 74.6 Å². The Bertz CT molecular complexity index is 137. The van der Waals surface area contributed by atoms with Gasteiger partial charge in [0.25, 0.3) is 0 Å². The normalized spacial score (nSPS) is 11.3. The number of carboxylic acids is 2. The molecule has 2 N–H and O–H groups in total. The maximum atomic E-state index is 9.90. The summed E-state index contributed by atoms with van der Waals surface area (Å²) in [5, 5.41) is 15.0. The van der Waals surface area contributed by atoms with Crippen molar-refractivity contribution in [3.05, 3.63) is 0 Å². The molecular weight excluding hydrogens is 341 g/mol. The molecule has 0 aromatic carbocycles. The number of thiol groups is 1. The van der Waals surface area contributed by atoms with Gasteiger partial charge in [-0.15, -0.1) is 0 Å². The monoisotopic (exact) mass is 347 g/mol. The molecule has 0 saturated carbocycles. The van der Waals surface area contributed by atoms with E-state index in [0.717, 1.165) is 0 Å². The molecule has 0 heterocycles. The van der Waals surface area contributed by atoms with E-state index in [1.807, 2.05) is 0 Å². The van der Waals surface area contributed by atoms with Crippen molar-refractivity contribution in [2.45, 2.75) is 11.7 Å². The van der Waals surface area contributed by atoms with Gasteiger partial charge in [0.2, 0.25) is 0 Å². The largest absolute Gasteiger partial charge is 1.00 e. The minimum absolute atomic E-state index is 0. The first-order valence-electron chi connectivity index (χ1n) is 2.16. The van der Waals surface area contributed by atoms with Gasteiger partial charge in [0.15, 0.2) is 0 Å². The van der Waals surface area contributed by atoms with Gasteiger partial charge in [-0.3, -0.25) is 9.59 Å². The fourth-order valence-corrected chi connectivity index (χ4v) is 0.409. The van der Waals surface area contributed by atoms with E-state index in [9.17, 15) is 9.59 Å². The van der Waals surface area contributed by atoms with Crippen LogP contribution in [-0.4, -0.2) is 27.4 Å². The third-order valence-corrected chi connectivity index (χ3v) is 1.06. The van der Waals surface area contributed by atoms with Crippen LogP contribution in [0.2, 0.25) is 0 Å². The van der Waals surface area contributed by atoms with Gasteiger partial charge in [0.1, 0.15) is 5.25 Å². The Hall–Kier alpha value is 0.0303. The molecule has 0 aliphatic rings. The second-order valence-corrected chi connectivity index (χ2v) is 2.08. The van der Waals surface area contributed by atoms with Crippen molar-refractivity contribution in [3.8, 4) is 0 Å². The Balaban J connectivity index is 0. The van der Waals surface area contributed by atoms with Gasteiger partial charge in [-0.2, -0.15) is 12.6 Å². The minimum Gasteiger partial charge on any atom is -0.481 e. The number of carboxylic acid groups (broad SMARTS) is 2. The molecule has 0 radical (unpaired) electrons. The van der Waals surface area contributed by atoms with Crippen molar-refractivity contribution in [3.63, 3.8) is 0 Å². The molecule has 0 aliphatic carbocycles. The van der Waals surface area contributed by atoms with E-state index in [1.165, 1.54) is 0 Å². The Kier molecular flexibility index (Phi) is 7.34. The van der Waals surface area contributed by atoms with E-state index in [4.69, 9.17) is 10.2 Å². The molecule has 0 fully saturated rings. The molecule has 0 amide bonds. The van der Waals surface area contributed by atoms with Crippen molar-refractivity contribution in [1.29, 1.82) is 0 Å². The summed E-state index contributed by atoms with van der Waals surface area (Å²) in [5.41, 5.74) is 0. The van der Waals surface area contributed by atoms with Gasteiger partial charge in [0.05, 0.1) is 6.42 Å². The van der Waals surface area contributed by atoms with Crippen LogP contribution in [0, 0.1) is 0 Å². The van der Waals surface area contributed by atoms with E-state index in [0.29, 0.717) is 0 Å². The predicted octanol–water partition coefficient (Wildman–Crippen LogP) is -0.158. The molecular formula is C4H6AuO4S+. The van der Waals surface area contributed by atoms with Gasteiger partial charge in [-0.05, 0) is 0 Å². The van der Waals surface area contributed by atoms with Crippen LogP contribution in [-0.2, 0) is 32.0 Å². The number of carbonyl (C=O) groups is 2. The zero-order chi connectivity index (χ0) is 7.44. The van der Waals surface area contributed by atoms with Crippen molar-refractivity contribution >= 4 is 24.6 Å². The van der Waals surface area contributed by atoms with Crippen LogP contribution in [0.4, 0.5) is 0 Å². The average Bonchev–Trinajstić information content (AvgIpc) is 1.63. The first kappa shape index (κ1) is 12.7. The van der Waals surface area contributed by atoms with Crippen LogP contribution in [0.25, 0.3) is 0 Å². The van der Waals surface area contributed by atoms with Crippen molar-refractivity contribution in [2.24, 2.45) is 0 Å². The summed E-state index contributed by atoms with van der Waals surface area (Å²) in [6, 6.07) is 0. The summed E-state index contributed by atoms with van der Waals surface area (Å²) in [5.74, 6) is -2.36. The van der Waals surface area contributed by atoms with E-state index >= 15 is 0 Å². The molecule has 0 rings (SSSR count). The standard InChI is InChI=1S/C4H6O4S.Au/c5-3(6)1-2(9)4(7)8;/h2,9H,1H2,(H,5,6)(H,7,8);/q;+1. The third-order valence-electron chi connectivity index (χ3n) is 0.653. The molecule has 0 saturated heterocycles. The zero-order valence-corrected chi connectivity index (χ0v) is 7.80. The maximum Gasteiger partial charge on any atom is 1.00 e. The molecule has 1 atom stereocenters. The Labute approximate surface area is 78.5 Å². The summed E-state index contributed by atoms with van der Waals surface area (Å²) in [7, 11) is 0. The van der Waals surface area contributed by atoms with Crippen LogP contribution < -0.4 is 0 Å². The third kappa shape index (κ3) is 6.15. The molecule has 6 heteroatoms. The second-order valence-electron chi connectivity index (χ2n) is 1.45. The van der Waals surface area contributed by atoms with E-state index in [1.54, 1.807) is 0 Å². The Morgan fingerprint density at radius 2 is 1.80 bits per heavy atom. The quantitative estimate of drug-likeness (QED) is 0.490. The molecule has 62 valence electrons. The molecule has 0 aromatic rings. The molecule has 0 spiro atoms. The molecule has 0 bridgehead atoms. The summed E-state index contributed by atoms with van der Waals surface area (Å²) in [6.45, 7) is 0. The van der Waals surface area contributed by atoms with Crippen molar-refractivity contribution in [2.75, 3.05) is 0 Å². The fraction of sp³-hybridized carbons (Fsp3) is 0.500. The van der Waals surface area contributed by atoms with Crippen molar-refractivity contribution < 1.29 is 42.2 Å². The Morgan fingerprint density at radius 1 is 1.40 bits per heavy atom. The summed E-state index contributed by atoms with van der Waals surface area (Å²) in [6.07, 6.45) is -0.446. The van der Waals surface area contributed by atoms with Crippen LogP contribution in [0.15, 0.2) is 0 Å². The number of aliphatic carboxylic acids is 2. The molecule has 10 heavy (non-hydrogen) atoms. The van der Waals surface area contributed by atoms with Gasteiger partial charge in [-0.25, -0.2) is 0 Å². The number of hydrogen-bond acceptors (Lipinski definition) is 3. The van der Waals surface area contributed by atoms with E-state index in [-0.39, 0.29) is 22.4 Å². The molecule has 0 aromatic heterocycles. The van der Waals surface area contributed by atoms with Gasteiger partial charge < -0.3 is 10.2 Å². The first-order chi connectivity index (χ1) is 4.04. The minimum atomic E-state index is -1.21. The zero-order valence-electron chi connectivity index (χ0n) is 4.74. The molecule has 4 nitrogen and oxygen atoms in total. The van der Waals surface area contributed by atoms with E-state index in [2.05, 4.69) is 12.6 Å². The van der Waals surface area contributed by atoms with Crippen LogP contribution in [0.3, 0.4) is 0 Å². The van der Waals surface area contributed by atoms with Crippen LogP contribution in [0.1, 0.15) is 6.42 Å². The van der Waals surface area contributed by atoms with E-state index < -0.39 is 23.6 Å². The summed E-state index contributed by atoms with van der Waals surface area (Å²) in [4.78, 5) is 19.7. The molecule has 0 aliphatic heterocycles. The SMILES string of the molecule is O=C(O)CC(S)C(=O)O.[Au+]. The Morgan fingerprint density at radius 3 is 1.90 bits per heavy atom. The average molecular weight is 347 g/mol. The second kappa shape index (κ2) is 5.79. The smallest absolute Gasteiger partial charge is 0.481 e. The summed E-state index contributed by atoms with van der Waals surface area (Å²) >= 11 is 3.48. The molecule has 1 unspecified atom stereocenters. The van der Waals surface area contributed by atoms with Gasteiger partial charge in [-0.1, -0.05) is 0 Å². The van der Waals surface area contributed by atoms with Crippen molar-refractivity contribution in [1.82, 2.24) is 0 Å². The predicted molar refractivity (Wildman–Crippen MR) is 32.7 cm³/mol. The number of hydrogen-bond donors (Lipinski definition) is 3. The fourth-order valence-electron chi connectivity index (χ4n) is 0.253. The number of rotatable bonds is 3. The first-order valence-corrected chi connectivity index (χ1v) is 2.68. The van der Waals surface area contributed by atoms with Gasteiger partial charge >= 0.3 is 34.3 Å². The van der Waals surface area contributed by atoms with Crippen LogP contribution in [0.5, 0.6) is 0 Å². The summed E-state index contributed by atoms with van der Waals surface area (Å²) < 4.78 is 0. The van der Waals surface area contributed by atoms with Gasteiger partial charge in [0, 0.05) is 0 Å².